The van der Waals surface area contributed by atoms with Crippen LogP contribution in [0.25, 0.3) is 0 Å². The van der Waals surface area contributed by atoms with Crippen LogP contribution in [0.2, 0.25) is 0 Å². The molecule has 0 spiro atoms. The van der Waals surface area contributed by atoms with Gasteiger partial charge in [-0.25, -0.2) is 0 Å². The van der Waals surface area contributed by atoms with Crippen molar-refractivity contribution in [1.82, 2.24) is 0 Å². The van der Waals surface area contributed by atoms with E-state index in [2.05, 4.69) is 0 Å². The van der Waals surface area contributed by atoms with Gasteiger partial charge in [0.05, 0.1) is 0 Å². The van der Waals surface area contributed by atoms with E-state index in [1.165, 1.54) is 0 Å². The van der Waals surface area contributed by atoms with Crippen molar-refractivity contribution < 1.29 is 311 Å². The van der Waals surface area contributed by atoms with Crippen molar-refractivity contribution in [3.8, 4) is 0 Å². The van der Waals surface area contributed by atoms with Gasteiger partial charge in [0.1, 0.15) is 0 Å². The van der Waals surface area contributed by atoms with Crippen LogP contribution in [0.4, 0.5) is 0 Å². The van der Waals surface area contributed by atoms with E-state index in [4.69, 9.17) is 0 Å². The molecule has 0 aromatic heterocycles. The molecule has 0 unspecified atom stereocenters. The van der Waals surface area contributed by atoms with E-state index in [0.29, 0.717) is 0 Å². The van der Waals surface area contributed by atoms with Crippen LogP contribution in [-0.2, 0) is 234 Å². The summed E-state index contributed by atoms with van der Waals surface area (Å²) in [6, 6.07) is 0. The molecule has 0 aliphatic heterocycles. The zero-order valence-electron chi connectivity index (χ0n) is 15.2. The van der Waals surface area contributed by atoms with Crippen LogP contribution < -0.4 is 0 Å². The molecule has 0 aromatic carbocycles. The van der Waals surface area contributed by atoms with Crippen molar-refractivity contribution in [1.29, 1.82) is 0 Å². The van der Waals surface area contributed by atoms with Gasteiger partial charge in [0.2, 0.25) is 0 Å². The molecule has 0 amide bonds. The molecule has 0 radical (unpaired) electrons. The van der Waals surface area contributed by atoms with Crippen molar-refractivity contribution >= 4 is 0 Å². The van der Waals surface area contributed by atoms with Crippen LogP contribution in [0.15, 0.2) is 0 Å². The molecule has 26 nitrogen and oxygen atoms in total. The summed E-state index contributed by atoms with van der Waals surface area (Å²) in [4.78, 5) is 0. The number of rotatable bonds is 0. The van der Waals surface area contributed by atoms with E-state index in [1.54, 1.807) is 0 Å². The number of hydrogen-bond donors (Lipinski definition) is 0. The fourth-order valence-electron chi connectivity index (χ4n) is 0. The summed E-state index contributed by atoms with van der Waals surface area (Å²) in [6.07, 6.45) is 0. The van der Waals surface area contributed by atoms with Gasteiger partial charge in [-0.05, 0) is 0 Å². The Morgan fingerprint density at radius 2 is 0.118 bits per heavy atom. The second kappa shape index (κ2) is 2500. The minimum Gasteiger partial charge on any atom is -2.00 e. The molecule has 0 atom stereocenters. The van der Waals surface area contributed by atoms with Gasteiger partial charge >= 0.3 is 169 Å². The second-order valence-corrected chi connectivity index (χ2v) is 0. The molecule has 0 saturated carbocycles. The minimum absolute atomic E-state index is 0. The third kappa shape index (κ3) is 2300. The third-order valence-corrected chi connectivity index (χ3v) is 0. The zero-order chi connectivity index (χ0) is 0. The van der Waals surface area contributed by atoms with Gasteiger partial charge < -0.3 is 142 Å². The molecule has 0 rings (SSSR count). The Morgan fingerprint density at radius 3 is 0.118 bits per heavy atom. The third-order valence-electron chi connectivity index (χ3n) is 0. The summed E-state index contributed by atoms with van der Waals surface area (Å²) in [6.45, 7) is 0. The summed E-state index contributed by atoms with van der Waals surface area (Å²) in [5, 5.41) is 0. The van der Waals surface area contributed by atoms with E-state index >= 15 is 0 Å². The monoisotopic (exact) mass is 1230 g/mol. The summed E-state index contributed by atoms with van der Waals surface area (Å²) >= 11 is 0. The normalized spacial score (nSPS) is 0. The van der Waals surface area contributed by atoms with Crippen LogP contribution in [0.3, 0.4) is 0 Å². The first-order valence-corrected chi connectivity index (χ1v) is 0. The van der Waals surface area contributed by atoms with Gasteiger partial charge in [-0.15, -0.1) is 0 Å². The smallest absolute Gasteiger partial charge is 2.00 e. The molecule has 34 heavy (non-hydrogen) atoms. The molecule has 0 fully saturated rings. The average Bonchev–Trinajstić information content (AvgIpc) is 0. The summed E-state index contributed by atoms with van der Waals surface area (Å²) in [5.41, 5.74) is 0. The quantitative estimate of drug-likeness (QED) is 0.204. The fourth-order valence-corrected chi connectivity index (χ4v) is 0. The maximum Gasteiger partial charge on any atom is 4.00 e. The summed E-state index contributed by atoms with van der Waals surface area (Å²) in [5.74, 6) is 0. The molecule has 0 bridgehead atoms. The Bertz CT molecular complexity index is 26.8. The molecule has 0 aliphatic carbocycles. The largest absolute Gasteiger partial charge is 4.00 e. The van der Waals surface area contributed by atoms with E-state index in [-0.39, 0.29) is 311 Å². The molecule has 0 heterocycles. The topological polar surface area (TPSA) is 783 Å². The Labute approximate surface area is 307 Å². The van der Waals surface area contributed by atoms with Gasteiger partial charge in [-0.3, -0.25) is 0 Å². The molecule has 28 N–H and O–H groups in total. The Balaban J connectivity index is 0. The van der Waals surface area contributed by atoms with E-state index in [9.17, 15) is 0 Å². The van der Waals surface area contributed by atoms with Crippen LogP contribution in [0, 0.1) is 0 Å². The predicted octanol–water partition coefficient (Wildman–Crippen LogP) is -13.0. The fraction of sp³-hybridized carbons (Fsp3) is 0. The maximum atomic E-state index is 0. The van der Waals surface area contributed by atoms with Crippen molar-refractivity contribution in [3.63, 3.8) is 0 Å². The van der Waals surface area contributed by atoms with Crippen molar-refractivity contribution in [2.24, 2.45) is 0 Å². The first kappa shape index (κ1) is 2710. The molecule has 0 aliphatic rings. The second-order valence-electron chi connectivity index (χ2n) is 0. The molecule has 34 heteroatoms. The first-order valence-electron chi connectivity index (χ1n) is 0. The zero-order valence-corrected chi connectivity index (χ0v) is 31.2. The van der Waals surface area contributed by atoms with Crippen LogP contribution in [-0.4, -0.2) is 76.7 Å². The summed E-state index contributed by atoms with van der Waals surface area (Å²) < 4.78 is 0. The Hall–Kier alpha value is 4.47. The molecular weight excluding hydrogens is 1180 g/mol. The van der Waals surface area contributed by atoms with Gasteiger partial charge in [0.25, 0.3) is 0 Å². The molecule has 236 valence electrons. The Kier molecular flexibility index (Phi) is 199000. The number of hydrogen-bond acceptors (Lipinski definition) is 0. The van der Waals surface area contributed by atoms with E-state index in [0.717, 1.165) is 0 Å². The molecule has 0 saturated heterocycles. The van der Waals surface area contributed by atoms with Crippen molar-refractivity contribution in [2.45, 2.75) is 0 Å². The van der Waals surface area contributed by atoms with Gasteiger partial charge in [0.15, 0.2) is 0 Å². The predicted molar refractivity (Wildman–Crippen MR) is 58.8 cm³/mol. The SMILES string of the molecule is O.O.O.O.O.O.O.O.O.O.O.O.O.O.[Mo+2].[Mo+2].[Mo+2].[Mo+2].[Mo+2].[Mo+2].[Mo+4].[Mo+4].[O-2].[O-2].[O-2].[O-2].[O-2].[O-2].[O-2].[O-2].[O-2].[O-2].[O-2].[O-2]. The van der Waals surface area contributed by atoms with Crippen LogP contribution >= 0.6 is 0 Å². The van der Waals surface area contributed by atoms with Crippen LogP contribution in [0.1, 0.15) is 0 Å². The molecule has 0 aromatic rings. The molecular formula is H28Mo8O26-4. The van der Waals surface area contributed by atoms with Crippen molar-refractivity contribution in [2.75, 3.05) is 0 Å². The Morgan fingerprint density at radius 1 is 0.118 bits per heavy atom. The standard InChI is InChI=1S/8Mo.14H2O.12O/h;;;;;;;;14*1H2;;;;;;;;;;;;/q6*+2;2*+4;;;;;;;;;;;;;;;12*-2. The first-order chi connectivity index (χ1) is 0. The van der Waals surface area contributed by atoms with Gasteiger partial charge in [0, 0.05) is 0 Å². The van der Waals surface area contributed by atoms with Gasteiger partial charge in [-0.2, -0.15) is 0 Å². The van der Waals surface area contributed by atoms with Gasteiger partial charge in [-0.1, -0.05) is 0 Å². The van der Waals surface area contributed by atoms with Crippen LogP contribution in [0.5, 0.6) is 0 Å². The van der Waals surface area contributed by atoms with E-state index < -0.39 is 0 Å². The maximum absolute atomic E-state index is 0. The van der Waals surface area contributed by atoms with Crippen molar-refractivity contribution in [3.05, 3.63) is 0 Å². The average molecular weight is 1210 g/mol. The summed E-state index contributed by atoms with van der Waals surface area (Å²) in [7, 11) is 0. The van der Waals surface area contributed by atoms with E-state index in [1.807, 2.05) is 0 Å². The minimum atomic E-state index is 0.